The molecule has 0 aliphatic carbocycles. The average molecular weight is 498 g/mol. The van der Waals surface area contributed by atoms with E-state index < -0.39 is 0 Å². The Morgan fingerprint density at radius 3 is 1.95 bits per heavy atom. The predicted molar refractivity (Wildman–Crippen MR) is 165 cm³/mol. The van der Waals surface area contributed by atoms with E-state index in [1.54, 1.807) is 0 Å². The predicted octanol–water partition coefficient (Wildman–Crippen LogP) is 9.27. The molecule has 8 rings (SSSR count). The lowest BCUT2D eigenvalue weighted by Gasteiger charge is -2.15. The van der Waals surface area contributed by atoms with Crippen molar-refractivity contribution in [2.75, 3.05) is 0 Å². The number of hydrogen-bond donors (Lipinski definition) is 0. The Labute approximate surface area is 225 Å². The van der Waals surface area contributed by atoms with Crippen LogP contribution >= 0.6 is 0 Å². The molecule has 0 aliphatic heterocycles. The Morgan fingerprint density at radius 2 is 1.08 bits per heavy atom. The Balaban J connectivity index is 1.38. The summed E-state index contributed by atoms with van der Waals surface area (Å²) in [5, 5.41) is 10.2. The third-order valence-electron chi connectivity index (χ3n) is 7.95. The zero-order valence-electron chi connectivity index (χ0n) is 21.1. The zero-order valence-corrected chi connectivity index (χ0v) is 21.1. The van der Waals surface area contributed by atoms with E-state index >= 15 is 0 Å². The van der Waals surface area contributed by atoms with Gasteiger partial charge in [-0.15, -0.1) is 0 Å². The molecule has 0 bridgehead atoms. The second-order valence-corrected chi connectivity index (χ2v) is 10.1. The molecule has 182 valence electrons. The Bertz CT molecular complexity index is 2310. The van der Waals surface area contributed by atoms with Crippen molar-refractivity contribution in [2.24, 2.45) is 0 Å². The molecule has 0 spiro atoms. The molecule has 0 unspecified atom stereocenters. The van der Waals surface area contributed by atoms with Crippen LogP contribution in [0.4, 0.5) is 0 Å². The highest BCUT2D eigenvalue weighted by molar-refractivity contribution is 6.15. The van der Waals surface area contributed by atoms with Crippen LogP contribution < -0.4 is 5.56 Å². The number of aromatic nitrogens is 1. The van der Waals surface area contributed by atoms with Crippen LogP contribution in [0.15, 0.2) is 144 Å². The molecule has 0 saturated heterocycles. The fourth-order valence-electron chi connectivity index (χ4n) is 6.13. The Morgan fingerprint density at radius 1 is 0.410 bits per heavy atom. The van der Waals surface area contributed by atoms with E-state index in [9.17, 15) is 4.79 Å². The first-order valence-electron chi connectivity index (χ1n) is 13.2. The van der Waals surface area contributed by atoms with E-state index in [2.05, 4.69) is 91.0 Å². The first kappa shape index (κ1) is 21.8. The molecule has 2 nitrogen and oxygen atoms in total. The van der Waals surface area contributed by atoms with Crippen LogP contribution in [0.5, 0.6) is 0 Å². The monoisotopic (exact) mass is 497 g/mol. The third kappa shape index (κ3) is 3.32. The van der Waals surface area contributed by atoms with Crippen LogP contribution in [0.3, 0.4) is 0 Å². The zero-order chi connectivity index (χ0) is 25.9. The van der Waals surface area contributed by atoms with Gasteiger partial charge >= 0.3 is 0 Å². The first-order chi connectivity index (χ1) is 19.3. The van der Waals surface area contributed by atoms with Crippen LogP contribution in [0.1, 0.15) is 0 Å². The summed E-state index contributed by atoms with van der Waals surface area (Å²) in [5.41, 5.74) is 4.01. The van der Waals surface area contributed by atoms with Crippen molar-refractivity contribution < 1.29 is 0 Å². The number of para-hydroxylation sites is 1. The molecular weight excluding hydrogens is 474 g/mol. The summed E-state index contributed by atoms with van der Waals surface area (Å²) in [5.74, 6) is 0. The lowest BCUT2D eigenvalue weighted by atomic mass is 9.93. The van der Waals surface area contributed by atoms with Crippen LogP contribution in [-0.2, 0) is 0 Å². The van der Waals surface area contributed by atoms with Gasteiger partial charge in [0.2, 0.25) is 0 Å². The van der Waals surface area contributed by atoms with Crippen molar-refractivity contribution >= 4 is 54.0 Å². The minimum atomic E-state index is -0.00255. The van der Waals surface area contributed by atoms with Gasteiger partial charge in [0.05, 0.1) is 5.52 Å². The van der Waals surface area contributed by atoms with Gasteiger partial charge in [-0.2, -0.15) is 0 Å². The van der Waals surface area contributed by atoms with Gasteiger partial charge in [0.15, 0.2) is 0 Å². The molecule has 0 radical (unpaired) electrons. The largest absolute Gasteiger partial charge is 0.276 e. The van der Waals surface area contributed by atoms with Crippen molar-refractivity contribution in [1.82, 2.24) is 4.57 Å². The van der Waals surface area contributed by atoms with Crippen LogP contribution in [0, 0.1) is 0 Å². The first-order valence-corrected chi connectivity index (χ1v) is 13.2. The summed E-state index contributed by atoms with van der Waals surface area (Å²) in [6, 6.07) is 48.4. The molecular formula is C37H23NO. The smallest absolute Gasteiger partial charge is 0.263 e. The van der Waals surface area contributed by atoms with Crippen molar-refractivity contribution in [3.63, 3.8) is 0 Å². The van der Waals surface area contributed by atoms with Gasteiger partial charge in [-0.25, -0.2) is 0 Å². The average Bonchev–Trinajstić information content (AvgIpc) is 3.00. The van der Waals surface area contributed by atoms with Gasteiger partial charge in [-0.05, 0) is 85.2 Å². The number of hydrogen-bond acceptors (Lipinski definition) is 1. The molecule has 0 saturated carbocycles. The van der Waals surface area contributed by atoms with E-state index in [0.717, 1.165) is 38.5 Å². The van der Waals surface area contributed by atoms with E-state index in [0.29, 0.717) is 0 Å². The van der Waals surface area contributed by atoms with Gasteiger partial charge < -0.3 is 0 Å². The molecule has 7 aromatic carbocycles. The van der Waals surface area contributed by atoms with E-state index in [4.69, 9.17) is 0 Å². The molecule has 0 amide bonds. The molecule has 1 heterocycles. The maximum Gasteiger partial charge on any atom is 0.263 e. The number of nitrogens with zero attached hydrogens (tertiary/aromatic N) is 1. The second-order valence-electron chi connectivity index (χ2n) is 10.1. The molecule has 0 atom stereocenters. The minimum Gasteiger partial charge on any atom is -0.276 e. The fraction of sp³-hybridized carbons (Fsp3) is 0. The molecule has 0 aliphatic rings. The second kappa shape index (κ2) is 8.41. The van der Waals surface area contributed by atoms with Crippen molar-refractivity contribution in [1.29, 1.82) is 0 Å². The molecule has 8 aromatic rings. The maximum atomic E-state index is 13.8. The lowest BCUT2D eigenvalue weighted by Crippen LogP contribution is -2.19. The van der Waals surface area contributed by atoms with Gasteiger partial charge in [-0.3, -0.25) is 9.36 Å². The topological polar surface area (TPSA) is 22.0 Å². The lowest BCUT2D eigenvalue weighted by molar-refractivity contribution is 1.06. The summed E-state index contributed by atoms with van der Waals surface area (Å²) in [6.45, 7) is 0. The molecule has 2 heteroatoms. The highest BCUT2D eigenvalue weighted by Crippen LogP contribution is 2.36. The van der Waals surface area contributed by atoms with Gasteiger partial charge in [0.25, 0.3) is 5.56 Å². The quantitative estimate of drug-likeness (QED) is 0.172. The van der Waals surface area contributed by atoms with Crippen LogP contribution in [0.25, 0.3) is 70.8 Å². The molecule has 1 aromatic heterocycles. The van der Waals surface area contributed by atoms with Crippen LogP contribution in [-0.4, -0.2) is 4.57 Å². The van der Waals surface area contributed by atoms with Crippen molar-refractivity contribution in [3.8, 4) is 16.8 Å². The summed E-state index contributed by atoms with van der Waals surface area (Å²) in [4.78, 5) is 13.8. The number of pyridine rings is 1. The highest BCUT2D eigenvalue weighted by Gasteiger charge is 2.13. The number of benzene rings is 7. The van der Waals surface area contributed by atoms with Gasteiger partial charge in [0.1, 0.15) is 0 Å². The third-order valence-corrected chi connectivity index (χ3v) is 7.95. The fourth-order valence-corrected chi connectivity index (χ4v) is 6.13. The number of fused-ring (bicyclic) bond motifs is 7. The Kier molecular flexibility index (Phi) is 4.71. The highest BCUT2D eigenvalue weighted by atomic mass is 16.1. The Hall–Kier alpha value is -5.21. The van der Waals surface area contributed by atoms with Gasteiger partial charge in [-0.1, -0.05) is 103 Å². The van der Waals surface area contributed by atoms with Crippen LogP contribution in [0.2, 0.25) is 0 Å². The standard InChI is InChI=1S/C37H23NO/c39-37-34-15-4-3-13-31(34)33-14-5-6-18-36(33)38(37)28-12-7-11-26(22-28)29-16-8-17-30-32(29)20-19-27-21-24-9-1-2-10-25(24)23-35(27)30/h1-23H. The van der Waals surface area contributed by atoms with E-state index in [1.165, 1.54) is 32.3 Å². The molecule has 0 fully saturated rings. The SMILES string of the molecule is O=c1c2ccccc2c2ccccc2n1-c1cccc(-c2cccc3c2ccc2cc4ccccc4cc23)c1. The molecule has 0 N–H and O–H groups in total. The van der Waals surface area contributed by atoms with E-state index in [-0.39, 0.29) is 5.56 Å². The van der Waals surface area contributed by atoms with E-state index in [1.807, 2.05) is 53.1 Å². The number of rotatable bonds is 2. The van der Waals surface area contributed by atoms with Crippen molar-refractivity contribution in [2.45, 2.75) is 0 Å². The minimum absolute atomic E-state index is 0.00255. The molecule has 39 heavy (non-hydrogen) atoms. The summed E-state index contributed by atoms with van der Waals surface area (Å²) in [6.07, 6.45) is 0. The van der Waals surface area contributed by atoms with Crippen molar-refractivity contribution in [3.05, 3.63) is 150 Å². The van der Waals surface area contributed by atoms with Gasteiger partial charge in [0, 0.05) is 16.5 Å². The summed E-state index contributed by atoms with van der Waals surface area (Å²) >= 11 is 0. The normalized spacial score (nSPS) is 11.7. The summed E-state index contributed by atoms with van der Waals surface area (Å²) in [7, 11) is 0. The maximum absolute atomic E-state index is 13.8. The summed E-state index contributed by atoms with van der Waals surface area (Å²) < 4.78 is 1.85.